The Hall–Kier alpha value is -0.800. The molecule has 0 saturated heterocycles. The highest BCUT2D eigenvalue weighted by Gasteiger charge is 2.32. The Morgan fingerprint density at radius 2 is 1.60 bits per heavy atom. The van der Waals surface area contributed by atoms with Crippen LogP contribution in [0.4, 0.5) is 18.9 Å². The summed E-state index contributed by atoms with van der Waals surface area (Å²) in [7, 11) is -4.05. The molecule has 2 aromatic rings. The Morgan fingerprint density at radius 3 is 2.12 bits per heavy atom. The fraction of sp³-hybridized carbons (Fsp3) is 0.143. The SMILES string of the molecule is Cc1ccc(S(=O)(=O)Nc2c(Cl)cc(SC(F)(F)F)c(Cl)c2Cl)cc1. The quantitative estimate of drug-likeness (QED) is 0.435. The highest BCUT2D eigenvalue weighted by Crippen LogP contribution is 2.47. The molecule has 0 amide bonds. The molecule has 1 N–H and O–H groups in total. The maximum atomic E-state index is 12.5. The van der Waals surface area contributed by atoms with Gasteiger partial charge in [0.15, 0.2) is 0 Å². The first kappa shape index (κ1) is 20.5. The molecule has 0 saturated carbocycles. The molecule has 3 nitrogen and oxygen atoms in total. The molecule has 0 fully saturated rings. The van der Waals surface area contributed by atoms with Gasteiger partial charge in [0.2, 0.25) is 0 Å². The normalized spacial score (nSPS) is 12.3. The van der Waals surface area contributed by atoms with E-state index in [1.807, 2.05) is 0 Å². The van der Waals surface area contributed by atoms with Crippen molar-refractivity contribution >= 4 is 62.3 Å². The summed E-state index contributed by atoms with van der Waals surface area (Å²) in [6.45, 7) is 1.79. The van der Waals surface area contributed by atoms with Crippen LogP contribution in [-0.2, 0) is 10.0 Å². The number of benzene rings is 2. The number of alkyl halides is 3. The monoisotopic (exact) mass is 449 g/mol. The summed E-state index contributed by atoms with van der Waals surface area (Å²) >= 11 is 17.2. The summed E-state index contributed by atoms with van der Waals surface area (Å²) in [4.78, 5) is -0.488. The third kappa shape index (κ3) is 5.10. The van der Waals surface area contributed by atoms with Crippen LogP contribution in [0.3, 0.4) is 0 Å². The second-order valence-corrected chi connectivity index (χ2v) is 8.78. The minimum atomic E-state index is -4.60. The van der Waals surface area contributed by atoms with Crippen LogP contribution in [0.15, 0.2) is 40.1 Å². The largest absolute Gasteiger partial charge is 0.446 e. The summed E-state index contributed by atoms with van der Waals surface area (Å²) in [6.07, 6.45) is 0. The van der Waals surface area contributed by atoms with Gasteiger partial charge in [0.25, 0.3) is 10.0 Å². The van der Waals surface area contributed by atoms with Crippen molar-refractivity contribution in [2.75, 3.05) is 4.72 Å². The predicted molar refractivity (Wildman–Crippen MR) is 95.4 cm³/mol. The van der Waals surface area contributed by atoms with Gasteiger partial charge in [0.05, 0.1) is 25.7 Å². The maximum absolute atomic E-state index is 12.5. The van der Waals surface area contributed by atoms with Crippen LogP contribution < -0.4 is 4.72 Å². The van der Waals surface area contributed by atoms with Gasteiger partial charge in [-0.2, -0.15) is 13.2 Å². The van der Waals surface area contributed by atoms with Crippen molar-refractivity contribution in [3.63, 3.8) is 0 Å². The summed E-state index contributed by atoms with van der Waals surface area (Å²) in [6, 6.07) is 6.83. The van der Waals surface area contributed by atoms with E-state index in [0.29, 0.717) is 0 Å². The van der Waals surface area contributed by atoms with Crippen molar-refractivity contribution in [1.29, 1.82) is 0 Å². The van der Waals surface area contributed by atoms with Crippen LogP contribution in [0.1, 0.15) is 5.56 Å². The second kappa shape index (κ2) is 7.44. The number of rotatable bonds is 4. The van der Waals surface area contributed by atoms with Gasteiger partial charge in [-0.25, -0.2) is 8.42 Å². The van der Waals surface area contributed by atoms with E-state index in [1.165, 1.54) is 12.1 Å². The zero-order chi connectivity index (χ0) is 19.0. The van der Waals surface area contributed by atoms with Crippen LogP contribution in [0, 0.1) is 6.92 Å². The molecular formula is C14H9Cl3F3NO2S2. The topological polar surface area (TPSA) is 46.2 Å². The molecule has 0 aliphatic carbocycles. The smallest absolute Gasteiger partial charge is 0.277 e. The van der Waals surface area contributed by atoms with Crippen LogP contribution >= 0.6 is 46.6 Å². The van der Waals surface area contributed by atoms with Crippen LogP contribution in [0.5, 0.6) is 0 Å². The molecule has 0 aliphatic heterocycles. The first-order chi connectivity index (χ1) is 11.4. The summed E-state index contributed by atoms with van der Waals surface area (Å²) in [5, 5.41) is -1.18. The molecule has 0 spiro atoms. The van der Waals surface area contributed by atoms with Gasteiger partial charge in [-0.15, -0.1) is 0 Å². The van der Waals surface area contributed by atoms with E-state index in [0.717, 1.165) is 11.6 Å². The Kier molecular flexibility index (Phi) is 6.10. The number of halogens is 6. The van der Waals surface area contributed by atoms with Crippen molar-refractivity contribution < 1.29 is 21.6 Å². The van der Waals surface area contributed by atoms with Gasteiger partial charge in [0, 0.05) is 4.90 Å². The zero-order valence-corrected chi connectivity index (χ0v) is 16.2. The number of aryl methyl sites for hydroxylation is 1. The highest BCUT2D eigenvalue weighted by atomic mass is 35.5. The van der Waals surface area contributed by atoms with Gasteiger partial charge in [-0.05, 0) is 36.9 Å². The average molecular weight is 451 g/mol. The van der Waals surface area contributed by atoms with Crippen molar-refractivity contribution in [3.8, 4) is 0 Å². The Bertz CT molecular complexity index is 901. The average Bonchev–Trinajstić information content (AvgIpc) is 2.48. The number of anilines is 1. The molecule has 136 valence electrons. The van der Waals surface area contributed by atoms with Gasteiger partial charge in [0.1, 0.15) is 0 Å². The van der Waals surface area contributed by atoms with Crippen molar-refractivity contribution in [1.82, 2.24) is 0 Å². The number of nitrogens with one attached hydrogen (secondary N) is 1. The Labute approximate surface area is 161 Å². The van der Waals surface area contributed by atoms with Gasteiger partial charge >= 0.3 is 5.51 Å². The van der Waals surface area contributed by atoms with E-state index in [9.17, 15) is 21.6 Å². The minimum absolute atomic E-state index is 0.0601. The van der Waals surface area contributed by atoms with Crippen LogP contribution in [0.25, 0.3) is 0 Å². The summed E-state index contributed by atoms with van der Waals surface area (Å²) < 4.78 is 64.5. The van der Waals surface area contributed by atoms with Gasteiger partial charge in [-0.3, -0.25) is 4.72 Å². The lowest BCUT2D eigenvalue weighted by atomic mass is 10.2. The maximum Gasteiger partial charge on any atom is 0.446 e. The molecule has 0 radical (unpaired) electrons. The molecule has 0 bridgehead atoms. The standard InChI is InChI=1S/C14H9Cl3F3NO2S2/c1-7-2-4-8(5-3-7)25(22,23)21-13-9(15)6-10(11(16)12(13)17)24-14(18,19)20/h2-6,21H,1H3. The van der Waals surface area contributed by atoms with E-state index < -0.39 is 42.2 Å². The predicted octanol–water partition coefficient (Wildman–Crippen LogP) is 6.37. The second-order valence-electron chi connectivity index (χ2n) is 4.83. The summed E-state index contributed by atoms with van der Waals surface area (Å²) in [5.41, 5.74) is -4.04. The first-order valence-corrected chi connectivity index (χ1v) is 9.87. The van der Waals surface area contributed by atoms with Gasteiger partial charge in [-0.1, -0.05) is 52.5 Å². The number of thioether (sulfide) groups is 1. The van der Waals surface area contributed by atoms with Crippen LogP contribution in [0.2, 0.25) is 15.1 Å². The zero-order valence-electron chi connectivity index (χ0n) is 12.3. The number of hydrogen-bond acceptors (Lipinski definition) is 3. The minimum Gasteiger partial charge on any atom is -0.277 e. The van der Waals surface area contributed by atoms with E-state index in [-0.39, 0.29) is 15.6 Å². The lowest BCUT2D eigenvalue weighted by Gasteiger charge is -2.15. The Morgan fingerprint density at radius 1 is 1.04 bits per heavy atom. The van der Waals surface area contributed by atoms with Crippen molar-refractivity contribution in [3.05, 3.63) is 51.0 Å². The molecule has 0 heterocycles. The molecule has 0 atom stereocenters. The molecule has 2 aromatic carbocycles. The molecule has 11 heteroatoms. The van der Waals surface area contributed by atoms with Gasteiger partial charge < -0.3 is 0 Å². The fourth-order valence-electron chi connectivity index (χ4n) is 1.78. The van der Waals surface area contributed by atoms with Crippen LogP contribution in [-0.4, -0.2) is 13.9 Å². The Balaban J connectivity index is 2.43. The third-order valence-electron chi connectivity index (χ3n) is 2.92. The molecule has 0 aromatic heterocycles. The van der Waals surface area contributed by atoms with Crippen molar-refractivity contribution in [2.24, 2.45) is 0 Å². The number of sulfonamides is 1. The molecular weight excluding hydrogens is 442 g/mol. The third-order valence-corrected chi connectivity index (χ3v) is 6.33. The summed E-state index contributed by atoms with van der Waals surface area (Å²) in [5.74, 6) is 0. The highest BCUT2D eigenvalue weighted by molar-refractivity contribution is 8.00. The molecule has 0 aliphatic rings. The lowest BCUT2D eigenvalue weighted by Crippen LogP contribution is -2.14. The molecule has 25 heavy (non-hydrogen) atoms. The van der Waals surface area contributed by atoms with E-state index >= 15 is 0 Å². The van der Waals surface area contributed by atoms with E-state index in [1.54, 1.807) is 19.1 Å². The lowest BCUT2D eigenvalue weighted by molar-refractivity contribution is -0.0328. The van der Waals surface area contributed by atoms with E-state index in [2.05, 4.69) is 4.72 Å². The van der Waals surface area contributed by atoms with Crippen molar-refractivity contribution in [2.45, 2.75) is 22.2 Å². The fourth-order valence-corrected chi connectivity index (χ4v) is 4.53. The molecule has 2 rings (SSSR count). The van der Waals surface area contributed by atoms with E-state index in [4.69, 9.17) is 34.8 Å². The number of hydrogen-bond donors (Lipinski definition) is 1. The molecule has 0 unspecified atom stereocenters. The first-order valence-electron chi connectivity index (χ1n) is 6.43.